The van der Waals surface area contributed by atoms with Gasteiger partial charge in [-0.1, -0.05) is 48.7 Å². The molecule has 1 aliphatic rings. The summed E-state index contributed by atoms with van der Waals surface area (Å²) in [6.07, 6.45) is 4.64. The lowest BCUT2D eigenvalue weighted by Gasteiger charge is -2.32. The van der Waals surface area contributed by atoms with Crippen LogP contribution in [0.15, 0.2) is 53.4 Å². The van der Waals surface area contributed by atoms with Crippen molar-refractivity contribution in [3.63, 3.8) is 0 Å². The zero-order valence-electron chi connectivity index (χ0n) is 15.5. The number of carboxylic acids is 1. The van der Waals surface area contributed by atoms with Gasteiger partial charge in [0.15, 0.2) is 0 Å². The molecule has 0 aromatic heterocycles. The molecule has 0 radical (unpaired) electrons. The van der Waals surface area contributed by atoms with Gasteiger partial charge in [0.2, 0.25) is 10.0 Å². The molecule has 5 nitrogen and oxygen atoms in total. The summed E-state index contributed by atoms with van der Waals surface area (Å²) in [6, 6.07) is 13.6. The van der Waals surface area contributed by atoms with Crippen molar-refractivity contribution in [1.82, 2.24) is 4.72 Å². The van der Waals surface area contributed by atoms with Crippen molar-refractivity contribution in [1.29, 1.82) is 0 Å². The van der Waals surface area contributed by atoms with Gasteiger partial charge in [0.05, 0.1) is 11.3 Å². The van der Waals surface area contributed by atoms with Gasteiger partial charge in [-0.05, 0) is 60.6 Å². The summed E-state index contributed by atoms with van der Waals surface area (Å²) in [5, 5.41) is 9.38. The highest BCUT2D eigenvalue weighted by atomic mass is 35.5. The fourth-order valence-electron chi connectivity index (χ4n) is 3.76. The third kappa shape index (κ3) is 5.56. The number of rotatable bonds is 7. The maximum absolute atomic E-state index is 12.7. The van der Waals surface area contributed by atoms with E-state index < -0.39 is 16.0 Å². The lowest BCUT2D eigenvalue weighted by molar-refractivity contribution is -0.136. The van der Waals surface area contributed by atoms with Crippen molar-refractivity contribution in [3.05, 3.63) is 64.7 Å². The summed E-state index contributed by atoms with van der Waals surface area (Å²) in [6.45, 7) is 0. The Hall–Kier alpha value is -1.89. The molecule has 1 fully saturated rings. The van der Waals surface area contributed by atoms with Gasteiger partial charge < -0.3 is 5.11 Å². The summed E-state index contributed by atoms with van der Waals surface area (Å²) in [4.78, 5) is 11.0. The van der Waals surface area contributed by atoms with Gasteiger partial charge in [-0.2, -0.15) is 0 Å². The molecule has 2 N–H and O–H groups in total. The van der Waals surface area contributed by atoms with Gasteiger partial charge in [0, 0.05) is 11.1 Å². The van der Waals surface area contributed by atoms with E-state index in [4.69, 9.17) is 16.7 Å². The number of halogens is 1. The Morgan fingerprint density at radius 3 is 2.25 bits per heavy atom. The summed E-state index contributed by atoms with van der Waals surface area (Å²) in [5.41, 5.74) is 1.86. The largest absolute Gasteiger partial charge is 0.481 e. The van der Waals surface area contributed by atoms with E-state index in [9.17, 15) is 13.2 Å². The first kappa shape index (κ1) is 20.8. The molecule has 2 aromatic rings. The summed E-state index contributed by atoms with van der Waals surface area (Å²) in [5.74, 6) is -0.641. The van der Waals surface area contributed by atoms with Crippen molar-refractivity contribution in [2.45, 2.75) is 49.5 Å². The van der Waals surface area contributed by atoms with Crippen LogP contribution in [0.4, 0.5) is 0 Å². The van der Waals surface area contributed by atoms with Crippen LogP contribution < -0.4 is 4.72 Å². The van der Waals surface area contributed by atoms with E-state index in [2.05, 4.69) is 4.72 Å². The van der Waals surface area contributed by atoms with E-state index in [1.165, 1.54) is 12.1 Å². The van der Waals surface area contributed by atoms with Crippen LogP contribution in [-0.2, 0) is 27.7 Å². The third-order valence-corrected chi connectivity index (χ3v) is 6.97. The number of carboxylic acid groups (broad SMARTS) is 1. The smallest absolute Gasteiger partial charge is 0.307 e. The maximum atomic E-state index is 12.7. The maximum Gasteiger partial charge on any atom is 0.307 e. The molecule has 0 heterocycles. The molecular formula is C21H24ClNO4S. The van der Waals surface area contributed by atoms with Crippen LogP contribution in [0, 0.1) is 5.92 Å². The molecule has 0 amide bonds. The van der Waals surface area contributed by atoms with Crippen LogP contribution in [0.5, 0.6) is 0 Å². The van der Waals surface area contributed by atoms with Gasteiger partial charge in [-0.15, -0.1) is 0 Å². The molecule has 7 heteroatoms. The molecule has 1 saturated carbocycles. The number of sulfonamides is 1. The minimum absolute atomic E-state index is 0.00717. The van der Waals surface area contributed by atoms with E-state index in [1.54, 1.807) is 12.1 Å². The molecule has 0 bridgehead atoms. The first-order chi connectivity index (χ1) is 13.3. The predicted molar refractivity (Wildman–Crippen MR) is 109 cm³/mol. The second-order valence-electron chi connectivity index (χ2n) is 7.32. The second-order valence-corrected chi connectivity index (χ2v) is 9.47. The Morgan fingerprint density at radius 2 is 1.61 bits per heavy atom. The van der Waals surface area contributed by atoms with Gasteiger partial charge in [0.1, 0.15) is 0 Å². The second kappa shape index (κ2) is 9.07. The van der Waals surface area contributed by atoms with Gasteiger partial charge in [0.25, 0.3) is 0 Å². The van der Waals surface area contributed by atoms with E-state index >= 15 is 0 Å². The molecule has 1 aliphatic carbocycles. The first-order valence-electron chi connectivity index (χ1n) is 9.41. The van der Waals surface area contributed by atoms with Gasteiger partial charge in [-0.25, -0.2) is 13.1 Å². The van der Waals surface area contributed by atoms with Crippen molar-refractivity contribution in [2.75, 3.05) is 0 Å². The van der Waals surface area contributed by atoms with Gasteiger partial charge >= 0.3 is 5.97 Å². The van der Waals surface area contributed by atoms with Gasteiger partial charge in [-0.3, -0.25) is 4.79 Å². The van der Waals surface area contributed by atoms with Crippen molar-refractivity contribution in [3.8, 4) is 0 Å². The van der Waals surface area contributed by atoms with Crippen LogP contribution in [0.2, 0.25) is 5.02 Å². The Kier molecular flexibility index (Phi) is 6.75. The third-order valence-electron chi connectivity index (χ3n) is 5.22. The molecule has 150 valence electrons. The van der Waals surface area contributed by atoms with E-state index in [1.807, 2.05) is 24.3 Å². The van der Waals surface area contributed by atoms with Crippen LogP contribution in [0.3, 0.4) is 0 Å². The van der Waals surface area contributed by atoms with Crippen LogP contribution in [0.1, 0.15) is 36.8 Å². The van der Waals surface area contributed by atoms with Crippen LogP contribution >= 0.6 is 11.6 Å². The summed E-state index contributed by atoms with van der Waals surface area (Å²) < 4.78 is 28.4. The zero-order valence-corrected chi connectivity index (χ0v) is 17.0. The van der Waals surface area contributed by atoms with Crippen molar-refractivity contribution < 1.29 is 18.3 Å². The Bertz CT molecular complexity index is 910. The zero-order chi connectivity index (χ0) is 20.1. The molecular weight excluding hydrogens is 398 g/mol. The number of hydrogen-bond donors (Lipinski definition) is 2. The van der Waals surface area contributed by atoms with E-state index in [-0.39, 0.29) is 23.3 Å². The van der Waals surface area contributed by atoms with E-state index in [0.717, 1.165) is 43.2 Å². The van der Waals surface area contributed by atoms with Crippen LogP contribution in [0.25, 0.3) is 0 Å². The summed E-state index contributed by atoms with van der Waals surface area (Å²) in [7, 11) is -3.60. The number of hydrogen-bond acceptors (Lipinski definition) is 3. The lowest BCUT2D eigenvalue weighted by atomic mass is 9.81. The molecule has 3 rings (SSSR count). The Labute approximate surface area is 170 Å². The molecule has 0 saturated heterocycles. The van der Waals surface area contributed by atoms with Crippen LogP contribution in [-0.4, -0.2) is 25.5 Å². The normalized spacial score (nSPS) is 20.0. The Balaban J connectivity index is 1.70. The molecule has 0 aliphatic heterocycles. The fraction of sp³-hybridized carbons (Fsp3) is 0.381. The average Bonchev–Trinajstić information content (AvgIpc) is 2.65. The predicted octanol–water partition coefficient (Wildman–Crippen LogP) is 4.05. The fourth-order valence-corrected chi connectivity index (χ4v) is 5.22. The molecule has 2 unspecified atom stereocenters. The van der Waals surface area contributed by atoms with Crippen molar-refractivity contribution in [2.24, 2.45) is 5.92 Å². The minimum Gasteiger partial charge on any atom is -0.481 e. The number of carbonyl (C=O) groups is 1. The average molecular weight is 422 g/mol. The minimum atomic E-state index is -3.60. The molecule has 2 atom stereocenters. The highest BCUT2D eigenvalue weighted by Gasteiger charge is 2.29. The van der Waals surface area contributed by atoms with E-state index in [0.29, 0.717) is 5.02 Å². The highest BCUT2D eigenvalue weighted by molar-refractivity contribution is 7.89. The highest BCUT2D eigenvalue weighted by Crippen LogP contribution is 2.29. The molecule has 0 spiro atoms. The first-order valence-corrected chi connectivity index (χ1v) is 11.3. The topological polar surface area (TPSA) is 83.5 Å². The van der Waals surface area contributed by atoms with Crippen molar-refractivity contribution >= 4 is 27.6 Å². The number of nitrogens with one attached hydrogen (secondary N) is 1. The molecule has 28 heavy (non-hydrogen) atoms. The summed E-state index contributed by atoms with van der Waals surface area (Å²) >= 11 is 5.86. The molecule has 2 aromatic carbocycles. The Morgan fingerprint density at radius 1 is 1.00 bits per heavy atom. The quantitative estimate of drug-likeness (QED) is 0.706. The number of benzene rings is 2. The SMILES string of the molecule is O=C(O)Cc1ccc(CC2CCCCC2NS(=O)(=O)c2ccc(Cl)cc2)cc1. The standard InChI is InChI=1S/C21H24ClNO4S/c22-18-9-11-19(12-10-18)28(26,27)23-20-4-2-1-3-17(20)13-15-5-7-16(8-6-15)14-21(24)25/h5-12,17,20,23H,1-4,13-14H2,(H,24,25). The monoisotopic (exact) mass is 421 g/mol. The number of aliphatic carboxylic acids is 1. The lowest BCUT2D eigenvalue weighted by Crippen LogP contribution is -2.42.